The van der Waals surface area contributed by atoms with E-state index >= 15 is 0 Å². The third kappa shape index (κ3) is 2.45. The highest BCUT2D eigenvalue weighted by atomic mass is 16.2. The molecule has 0 saturated carbocycles. The van der Waals surface area contributed by atoms with Crippen molar-refractivity contribution >= 4 is 11.6 Å². The van der Waals surface area contributed by atoms with Gasteiger partial charge in [-0.1, -0.05) is 17.7 Å². The van der Waals surface area contributed by atoms with Crippen LogP contribution in [0.4, 0.5) is 5.69 Å². The molecular formula is C13H15N3O. The first-order valence-electron chi connectivity index (χ1n) is 5.71. The van der Waals surface area contributed by atoms with Gasteiger partial charge in [-0.3, -0.25) is 4.79 Å². The van der Waals surface area contributed by atoms with E-state index in [-0.39, 0.29) is 18.4 Å². The Labute approximate surface area is 101 Å². The second-order valence-corrected chi connectivity index (χ2v) is 4.19. The van der Waals surface area contributed by atoms with E-state index in [2.05, 4.69) is 5.32 Å². The first-order chi connectivity index (χ1) is 8.22. The van der Waals surface area contributed by atoms with Gasteiger partial charge >= 0.3 is 0 Å². The fourth-order valence-corrected chi connectivity index (χ4v) is 1.97. The minimum absolute atomic E-state index is 0.0124. The number of amides is 1. The summed E-state index contributed by atoms with van der Waals surface area (Å²) in [5, 5.41) is 11.7. The van der Waals surface area contributed by atoms with Gasteiger partial charge in [-0.15, -0.1) is 0 Å². The largest absolute Gasteiger partial charge is 0.310 e. The number of carbonyl (C=O) groups is 1. The van der Waals surface area contributed by atoms with Crippen LogP contribution in [-0.2, 0) is 4.79 Å². The van der Waals surface area contributed by atoms with Crippen molar-refractivity contribution in [1.82, 2.24) is 5.32 Å². The van der Waals surface area contributed by atoms with Crippen LogP contribution in [0.15, 0.2) is 24.3 Å². The quantitative estimate of drug-likeness (QED) is 0.829. The molecule has 1 aromatic rings. The number of piperazine rings is 1. The molecule has 4 nitrogen and oxygen atoms in total. The van der Waals surface area contributed by atoms with Crippen LogP contribution < -0.4 is 10.2 Å². The van der Waals surface area contributed by atoms with Gasteiger partial charge in [0.25, 0.3) is 0 Å². The average Bonchev–Trinajstić information content (AvgIpc) is 2.34. The van der Waals surface area contributed by atoms with Gasteiger partial charge in [-0.2, -0.15) is 5.26 Å². The Morgan fingerprint density at radius 2 is 2.18 bits per heavy atom. The Balaban J connectivity index is 2.18. The molecule has 0 spiro atoms. The fourth-order valence-electron chi connectivity index (χ4n) is 1.97. The van der Waals surface area contributed by atoms with Crippen LogP contribution in [0.25, 0.3) is 0 Å². The van der Waals surface area contributed by atoms with Gasteiger partial charge in [0.2, 0.25) is 5.91 Å². The highest BCUT2D eigenvalue weighted by Gasteiger charge is 2.28. The molecule has 1 fully saturated rings. The SMILES string of the molecule is Cc1ccc(N2CCNC(CC#N)C2=O)cc1. The van der Waals surface area contributed by atoms with E-state index in [0.29, 0.717) is 6.54 Å². The number of rotatable bonds is 2. The number of aryl methyl sites for hydroxylation is 1. The zero-order valence-electron chi connectivity index (χ0n) is 9.81. The Morgan fingerprint density at radius 3 is 2.82 bits per heavy atom. The summed E-state index contributed by atoms with van der Waals surface area (Å²) in [7, 11) is 0. The summed E-state index contributed by atoms with van der Waals surface area (Å²) in [6, 6.07) is 9.55. The predicted octanol–water partition coefficient (Wildman–Crippen LogP) is 1.21. The molecule has 1 atom stereocenters. The fraction of sp³-hybridized carbons (Fsp3) is 0.385. The number of nitrogens with zero attached hydrogens (tertiary/aromatic N) is 2. The van der Waals surface area contributed by atoms with Gasteiger partial charge in [0.1, 0.15) is 6.04 Å². The van der Waals surface area contributed by atoms with Gasteiger partial charge in [0.05, 0.1) is 12.5 Å². The Hall–Kier alpha value is -1.86. The Bertz CT molecular complexity index is 447. The van der Waals surface area contributed by atoms with E-state index in [1.165, 1.54) is 5.56 Å². The van der Waals surface area contributed by atoms with Crippen LogP contribution >= 0.6 is 0 Å². The molecule has 17 heavy (non-hydrogen) atoms. The first-order valence-corrected chi connectivity index (χ1v) is 5.71. The Kier molecular flexibility index (Phi) is 3.40. The molecule has 1 N–H and O–H groups in total. The molecule has 1 unspecified atom stereocenters. The normalized spacial score (nSPS) is 20.1. The van der Waals surface area contributed by atoms with Crippen molar-refractivity contribution in [2.75, 3.05) is 18.0 Å². The van der Waals surface area contributed by atoms with Gasteiger partial charge < -0.3 is 10.2 Å². The van der Waals surface area contributed by atoms with Crippen LogP contribution in [-0.4, -0.2) is 25.0 Å². The summed E-state index contributed by atoms with van der Waals surface area (Å²) in [4.78, 5) is 13.9. The van der Waals surface area contributed by atoms with Crippen molar-refractivity contribution < 1.29 is 4.79 Å². The maximum atomic E-state index is 12.1. The second kappa shape index (κ2) is 4.98. The number of nitriles is 1. The summed E-state index contributed by atoms with van der Waals surface area (Å²) >= 11 is 0. The highest BCUT2D eigenvalue weighted by molar-refractivity contribution is 5.98. The molecule has 1 heterocycles. The summed E-state index contributed by atoms with van der Waals surface area (Å²) < 4.78 is 0. The smallest absolute Gasteiger partial charge is 0.245 e. The lowest BCUT2D eigenvalue weighted by molar-refractivity contribution is -0.121. The number of carbonyl (C=O) groups excluding carboxylic acids is 1. The molecule has 1 aliphatic rings. The third-order valence-electron chi connectivity index (χ3n) is 2.93. The van der Waals surface area contributed by atoms with Crippen LogP contribution in [0.2, 0.25) is 0 Å². The molecule has 4 heteroatoms. The molecule has 88 valence electrons. The maximum Gasteiger partial charge on any atom is 0.245 e. The van der Waals surface area contributed by atoms with E-state index < -0.39 is 0 Å². The summed E-state index contributed by atoms with van der Waals surface area (Å²) in [5.74, 6) is -0.0124. The van der Waals surface area contributed by atoms with E-state index in [9.17, 15) is 4.79 Å². The number of hydrogen-bond donors (Lipinski definition) is 1. The minimum atomic E-state index is -0.366. The standard InChI is InChI=1S/C13H15N3O/c1-10-2-4-11(5-3-10)16-9-8-15-12(6-7-14)13(16)17/h2-5,12,15H,6,8-9H2,1H3. The molecule has 1 aromatic carbocycles. The van der Waals surface area contributed by atoms with Crippen molar-refractivity contribution in [3.63, 3.8) is 0 Å². The molecule has 1 aliphatic heterocycles. The lowest BCUT2D eigenvalue weighted by atomic mass is 10.1. The van der Waals surface area contributed by atoms with E-state index in [4.69, 9.17) is 5.26 Å². The Morgan fingerprint density at radius 1 is 1.47 bits per heavy atom. The zero-order chi connectivity index (χ0) is 12.3. The molecule has 0 aliphatic carbocycles. The molecule has 1 saturated heterocycles. The number of hydrogen-bond acceptors (Lipinski definition) is 3. The average molecular weight is 229 g/mol. The summed E-state index contributed by atoms with van der Waals surface area (Å²) in [6.07, 6.45) is 0.223. The zero-order valence-corrected chi connectivity index (χ0v) is 9.81. The van der Waals surface area contributed by atoms with Crippen LogP contribution in [0, 0.1) is 18.3 Å². The first kappa shape index (κ1) is 11.6. The van der Waals surface area contributed by atoms with E-state index in [0.717, 1.165) is 12.2 Å². The molecule has 2 rings (SSSR count). The van der Waals surface area contributed by atoms with Crippen molar-refractivity contribution in [1.29, 1.82) is 5.26 Å². The van der Waals surface area contributed by atoms with E-state index in [1.54, 1.807) is 4.90 Å². The van der Waals surface area contributed by atoms with Crippen molar-refractivity contribution in [2.45, 2.75) is 19.4 Å². The second-order valence-electron chi connectivity index (χ2n) is 4.19. The summed E-state index contributed by atoms with van der Waals surface area (Å²) in [6.45, 7) is 3.40. The van der Waals surface area contributed by atoms with Crippen molar-refractivity contribution in [2.24, 2.45) is 0 Å². The predicted molar refractivity (Wildman–Crippen MR) is 65.6 cm³/mol. The highest BCUT2D eigenvalue weighted by Crippen LogP contribution is 2.18. The van der Waals surface area contributed by atoms with Gasteiger partial charge in [-0.25, -0.2) is 0 Å². The minimum Gasteiger partial charge on any atom is -0.310 e. The third-order valence-corrected chi connectivity index (χ3v) is 2.93. The number of anilines is 1. The van der Waals surface area contributed by atoms with Gasteiger partial charge in [0, 0.05) is 18.8 Å². The van der Waals surface area contributed by atoms with Crippen LogP contribution in [0.5, 0.6) is 0 Å². The molecule has 0 radical (unpaired) electrons. The molecule has 1 amide bonds. The van der Waals surface area contributed by atoms with Gasteiger partial charge in [0.15, 0.2) is 0 Å². The van der Waals surface area contributed by atoms with Crippen LogP contribution in [0.3, 0.4) is 0 Å². The van der Waals surface area contributed by atoms with Crippen molar-refractivity contribution in [3.8, 4) is 6.07 Å². The molecular weight excluding hydrogens is 214 g/mol. The number of nitrogens with one attached hydrogen (secondary N) is 1. The number of benzene rings is 1. The van der Waals surface area contributed by atoms with Gasteiger partial charge in [-0.05, 0) is 19.1 Å². The topological polar surface area (TPSA) is 56.1 Å². The lowest BCUT2D eigenvalue weighted by Crippen LogP contribution is -2.55. The van der Waals surface area contributed by atoms with Crippen LogP contribution in [0.1, 0.15) is 12.0 Å². The van der Waals surface area contributed by atoms with Crippen molar-refractivity contribution in [3.05, 3.63) is 29.8 Å². The summed E-state index contributed by atoms with van der Waals surface area (Å²) in [5.41, 5.74) is 2.08. The molecule has 0 aromatic heterocycles. The molecule has 0 bridgehead atoms. The maximum absolute atomic E-state index is 12.1. The monoisotopic (exact) mass is 229 g/mol. The lowest BCUT2D eigenvalue weighted by Gasteiger charge is -2.32. The van der Waals surface area contributed by atoms with E-state index in [1.807, 2.05) is 37.3 Å².